The van der Waals surface area contributed by atoms with Crippen molar-refractivity contribution in [2.45, 2.75) is 104 Å². The minimum absolute atomic E-state index is 0. The Labute approximate surface area is 244 Å². The third-order valence-electron chi connectivity index (χ3n) is 6.33. The molecule has 0 spiro atoms. The van der Waals surface area contributed by atoms with Gasteiger partial charge in [0.2, 0.25) is 11.6 Å². The zero-order valence-electron chi connectivity index (χ0n) is 25.9. The predicted molar refractivity (Wildman–Crippen MR) is 157 cm³/mol. The molecule has 0 aromatic heterocycles. The van der Waals surface area contributed by atoms with Crippen LogP contribution >= 0.6 is 15.6 Å². The van der Waals surface area contributed by atoms with Gasteiger partial charge in [-0.1, -0.05) is 43.6 Å². The van der Waals surface area contributed by atoms with Gasteiger partial charge in [0, 0.05) is 39.2 Å². The van der Waals surface area contributed by atoms with Gasteiger partial charge in [-0.15, -0.1) is 0 Å². The fourth-order valence-electron chi connectivity index (χ4n) is 4.90. The quantitative estimate of drug-likeness (QED) is 0.0772. The van der Waals surface area contributed by atoms with Crippen molar-refractivity contribution in [1.29, 1.82) is 0 Å². The molecule has 0 aliphatic heterocycles. The van der Waals surface area contributed by atoms with Gasteiger partial charge >= 0.3 is 0 Å². The highest BCUT2D eigenvalue weighted by Crippen LogP contribution is 2.50. The van der Waals surface area contributed by atoms with Crippen LogP contribution in [0.1, 0.15) is 97.6 Å². The third kappa shape index (κ3) is 13.1. The first-order valence-corrected chi connectivity index (χ1v) is 16.1. The Morgan fingerprint density at radius 3 is 1.85 bits per heavy atom. The van der Waals surface area contributed by atoms with Crippen LogP contribution in [0.2, 0.25) is 0 Å². The summed E-state index contributed by atoms with van der Waals surface area (Å²) in [4.78, 5) is 41.9. The summed E-state index contributed by atoms with van der Waals surface area (Å²) in [5.41, 5.74) is 3.33. The van der Waals surface area contributed by atoms with Crippen LogP contribution in [0.5, 0.6) is 11.5 Å². The minimum atomic E-state index is -5.16. The number of quaternary nitrogens is 2. The maximum Gasteiger partial charge on any atom is 0.268 e. The molecule has 4 unspecified atom stereocenters. The van der Waals surface area contributed by atoms with E-state index in [1.807, 2.05) is 13.8 Å². The van der Waals surface area contributed by atoms with Crippen LogP contribution in [0.3, 0.4) is 0 Å². The van der Waals surface area contributed by atoms with E-state index in [0.717, 1.165) is 48.8 Å². The Balaban J connectivity index is 0.00000800. The smallest absolute Gasteiger partial charge is 0.268 e. The summed E-state index contributed by atoms with van der Waals surface area (Å²) in [5, 5.41) is 0. The largest absolute Gasteiger partial charge is 0.756 e. The van der Waals surface area contributed by atoms with Crippen molar-refractivity contribution in [3.8, 4) is 11.5 Å². The highest BCUT2D eigenvalue weighted by molar-refractivity contribution is 7.45. The molecule has 238 valence electrons. The van der Waals surface area contributed by atoms with Gasteiger partial charge in [0.25, 0.3) is 15.6 Å². The van der Waals surface area contributed by atoms with Gasteiger partial charge < -0.3 is 41.3 Å². The first-order valence-electron chi connectivity index (χ1n) is 13.1. The molecule has 0 bridgehead atoms. The van der Waals surface area contributed by atoms with Crippen LogP contribution in [0.4, 0.5) is 0 Å². The number of hydrogen-bond acceptors (Lipinski definition) is 8. The summed E-state index contributed by atoms with van der Waals surface area (Å²) in [6.45, 7) is 15.6. The van der Waals surface area contributed by atoms with Crippen LogP contribution in [0.15, 0.2) is 35.9 Å². The van der Waals surface area contributed by atoms with E-state index in [1.54, 1.807) is 12.1 Å². The average molecular weight is 625 g/mol. The monoisotopic (exact) mass is 624 g/mol. The van der Waals surface area contributed by atoms with E-state index in [0.29, 0.717) is 12.0 Å². The summed E-state index contributed by atoms with van der Waals surface area (Å²) in [6.07, 6.45) is 7.14. The Kier molecular flexibility index (Phi) is 14.7. The normalized spacial score (nSPS) is 20.4. The molecule has 14 heteroatoms. The molecule has 0 amide bonds. The van der Waals surface area contributed by atoms with Gasteiger partial charge in [0.1, 0.15) is 11.5 Å². The number of unbranched alkanes of at least 4 members (excludes halogenated alkanes) is 2. The predicted octanol–water partition coefficient (Wildman–Crippen LogP) is 6.37. The number of ether oxygens (including phenoxy) is 2. The minimum Gasteiger partial charge on any atom is -0.756 e. The van der Waals surface area contributed by atoms with Gasteiger partial charge in [-0.25, -0.2) is 0 Å². The lowest BCUT2D eigenvalue weighted by atomic mass is 9.73. The number of rotatable bonds is 14. The number of allylic oxidation sites excluding steroid dienone is 3. The highest BCUT2D eigenvalue weighted by Gasteiger charge is 2.36. The first kappa shape index (κ1) is 39.4. The van der Waals surface area contributed by atoms with Crippen molar-refractivity contribution < 1.29 is 47.2 Å². The Bertz CT molecular complexity index is 1100. The van der Waals surface area contributed by atoms with E-state index in [9.17, 15) is 28.7 Å². The van der Waals surface area contributed by atoms with Crippen molar-refractivity contribution in [2.75, 3.05) is 0 Å². The number of phosphoric acid groups is 2. The second-order valence-corrected chi connectivity index (χ2v) is 13.4. The number of hydrogen-bond donors (Lipinski definition) is 4. The number of aryl methyl sites for hydroxylation is 1. The van der Waals surface area contributed by atoms with Crippen molar-refractivity contribution in [1.82, 2.24) is 12.3 Å². The summed E-state index contributed by atoms with van der Waals surface area (Å²) in [7, 11) is -10.3. The lowest BCUT2D eigenvalue weighted by Crippen LogP contribution is -2.35. The van der Waals surface area contributed by atoms with Crippen LogP contribution in [0.25, 0.3) is 0 Å². The van der Waals surface area contributed by atoms with E-state index in [1.165, 1.54) is 27.7 Å². The molecular weight excluding hydrogens is 574 g/mol. The lowest BCUT2D eigenvalue weighted by Gasteiger charge is -2.37. The molecule has 0 fully saturated rings. The van der Waals surface area contributed by atoms with Crippen LogP contribution < -0.4 is 31.6 Å². The molecule has 1 aromatic carbocycles. The van der Waals surface area contributed by atoms with E-state index in [-0.39, 0.29) is 35.6 Å². The average Bonchev–Trinajstić information content (AvgIpc) is 2.69. The molecule has 2 rings (SSSR count). The Morgan fingerprint density at radius 2 is 1.46 bits per heavy atom. The first-order chi connectivity index (χ1) is 17.7. The van der Waals surface area contributed by atoms with Gasteiger partial charge in [-0.3, -0.25) is 18.2 Å². The van der Waals surface area contributed by atoms with Gasteiger partial charge in [0.05, 0.1) is 0 Å². The molecule has 12 nitrogen and oxygen atoms in total. The molecule has 1 aliphatic carbocycles. The molecule has 1 aliphatic rings. The zero-order chi connectivity index (χ0) is 29.8. The van der Waals surface area contributed by atoms with Crippen molar-refractivity contribution >= 4 is 15.6 Å². The van der Waals surface area contributed by atoms with Crippen LogP contribution in [-0.4, -0.2) is 21.4 Å². The third-order valence-corrected chi connectivity index (χ3v) is 7.67. The van der Waals surface area contributed by atoms with Crippen molar-refractivity contribution in [3.05, 3.63) is 47.1 Å². The fraction of sp³-hybridized carbons (Fsp3) is 0.630. The van der Waals surface area contributed by atoms with Gasteiger partial charge in [-0.05, 0) is 63.1 Å². The van der Waals surface area contributed by atoms with Crippen LogP contribution in [-0.2, 0) is 24.6 Å². The molecular formula is C27H50N2O10P2. The molecule has 0 heterocycles. The topological polar surface area (TPSA) is 231 Å². The molecule has 0 saturated carbocycles. The molecule has 4 atom stereocenters. The number of phosphoric ester groups is 2. The van der Waals surface area contributed by atoms with Crippen LogP contribution in [0, 0.1) is 5.92 Å². The summed E-state index contributed by atoms with van der Waals surface area (Å²) in [6, 6.07) is 3.56. The molecule has 41 heavy (non-hydrogen) atoms. The molecule has 1 aromatic rings. The maximum absolute atomic E-state index is 11.6. The molecule has 0 radical (unpaired) electrons. The standard InChI is InChI=1S/C27H44O10P2.2H3N/c1-9-10-11-12-20-16-23(34-26(5,6)36-38(28,29)30)25(22-15-19(4)13-14-21(22)18(2)3)24(17-20)35-27(7,8)37-39(31,32)33;;/h15-17,21-22H,2,9-14H2,1,3-8H3,(H2,28,29,30)(H2,31,32,33);2*1H3. The van der Waals surface area contributed by atoms with E-state index < -0.39 is 27.2 Å². The second kappa shape index (κ2) is 15.3. The summed E-state index contributed by atoms with van der Waals surface area (Å²) < 4.78 is 45.1. The van der Waals surface area contributed by atoms with E-state index in [4.69, 9.17) is 18.5 Å². The summed E-state index contributed by atoms with van der Waals surface area (Å²) in [5.74, 6) is -3.49. The Hall–Kier alpha value is -1.56. The maximum atomic E-state index is 11.6. The molecule has 10 N–H and O–H groups in total. The van der Waals surface area contributed by atoms with Crippen molar-refractivity contribution in [2.24, 2.45) is 5.92 Å². The van der Waals surface area contributed by atoms with Gasteiger partial charge in [0.15, 0.2) is 0 Å². The lowest BCUT2D eigenvalue weighted by molar-refractivity contribution is -0.246. The van der Waals surface area contributed by atoms with E-state index in [2.05, 4.69) is 19.6 Å². The molecule has 0 saturated heterocycles. The second-order valence-electron chi connectivity index (χ2n) is 11.1. The Morgan fingerprint density at radius 1 is 1.00 bits per heavy atom. The van der Waals surface area contributed by atoms with Gasteiger partial charge in [-0.2, -0.15) is 0 Å². The fourth-order valence-corrected chi connectivity index (χ4v) is 6.09. The summed E-state index contributed by atoms with van der Waals surface area (Å²) >= 11 is 0. The van der Waals surface area contributed by atoms with Crippen molar-refractivity contribution in [3.63, 3.8) is 0 Å². The SMILES string of the molecule is C=C(C)C1CCC(C)=CC1c1c(OC(C)(C)OP(=O)([O-])O)cc(CCCCC)cc1OC(C)(C)OP(=O)([O-])O.[NH4+].[NH4+]. The van der Waals surface area contributed by atoms with E-state index >= 15 is 0 Å². The zero-order valence-corrected chi connectivity index (χ0v) is 27.7. The number of benzene rings is 1. The highest BCUT2D eigenvalue weighted by atomic mass is 31.2.